The van der Waals surface area contributed by atoms with E-state index < -0.39 is 30.3 Å². The molecule has 9 nitrogen and oxygen atoms in total. The highest BCUT2D eigenvalue weighted by atomic mass is 16.5. The van der Waals surface area contributed by atoms with Crippen LogP contribution in [0.2, 0.25) is 0 Å². The summed E-state index contributed by atoms with van der Waals surface area (Å²) in [7, 11) is 3.02. The number of carbonyl (C=O) groups excluding carboxylic acids is 3. The molecule has 30 heavy (non-hydrogen) atoms. The lowest BCUT2D eigenvalue weighted by atomic mass is 9.94. The molecule has 158 valence electrons. The van der Waals surface area contributed by atoms with Crippen molar-refractivity contribution in [3.63, 3.8) is 0 Å². The van der Waals surface area contributed by atoms with Crippen LogP contribution in [-0.2, 0) is 14.3 Å². The third kappa shape index (κ3) is 3.83. The summed E-state index contributed by atoms with van der Waals surface area (Å²) in [5.41, 5.74) is 1.24. The summed E-state index contributed by atoms with van der Waals surface area (Å²) >= 11 is 0. The topological polar surface area (TPSA) is 100 Å². The van der Waals surface area contributed by atoms with Gasteiger partial charge in [-0.05, 0) is 25.5 Å². The van der Waals surface area contributed by atoms with E-state index in [1.54, 1.807) is 30.5 Å². The van der Waals surface area contributed by atoms with Crippen molar-refractivity contribution in [1.29, 1.82) is 0 Å². The molecule has 1 aromatic carbocycles. The average Bonchev–Trinajstić information content (AvgIpc) is 2.75. The molecule has 2 heterocycles. The number of nitrogens with one attached hydrogen (secondary N) is 1. The highest BCUT2D eigenvalue weighted by molar-refractivity contribution is 6.17. The molecule has 3 rings (SSSR count). The van der Waals surface area contributed by atoms with E-state index in [9.17, 15) is 14.4 Å². The van der Waals surface area contributed by atoms with Crippen molar-refractivity contribution in [1.82, 2.24) is 4.90 Å². The zero-order valence-corrected chi connectivity index (χ0v) is 17.5. The Morgan fingerprint density at radius 3 is 2.67 bits per heavy atom. The van der Waals surface area contributed by atoms with Crippen LogP contribution in [0.5, 0.6) is 5.75 Å². The summed E-state index contributed by atoms with van der Waals surface area (Å²) in [6.07, 6.45) is 2.25. The molecule has 4 amide bonds. The number of para-hydroxylation sites is 2. The minimum atomic E-state index is -0.855. The van der Waals surface area contributed by atoms with Crippen molar-refractivity contribution >= 4 is 35.6 Å². The Hall–Kier alpha value is -3.49. The molecule has 0 spiro atoms. The van der Waals surface area contributed by atoms with Crippen molar-refractivity contribution in [3.05, 3.63) is 35.6 Å². The van der Waals surface area contributed by atoms with Gasteiger partial charge in [0.05, 0.1) is 26.5 Å². The van der Waals surface area contributed by atoms with Gasteiger partial charge in [-0.3, -0.25) is 9.59 Å². The van der Waals surface area contributed by atoms with Gasteiger partial charge in [0, 0.05) is 5.57 Å². The van der Waals surface area contributed by atoms with Crippen molar-refractivity contribution in [2.45, 2.75) is 20.3 Å². The zero-order chi connectivity index (χ0) is 21.8. The maximum Gasteiger partial charge on any atom is 0.446 e. The van der Waals surface area contributed by atoms with Crippen molar-refractivity contribution in [2.75, 3.05) is 32.6 Å². The molecule has 0 saturated heterocycles. The molecule has 1 unspecified atom stereocenters. The predicted octanol–water partition coefficient (Wildman–Crippen LogP) is 2.04. The van der Waals surface area contributed by atoms with E-state index in [4.69, 9.17) is 9.47 Å². The summed E-state index contributed by atoms with van der Waals surface area (Å²) in [5.74, 6) is -0.654. The number of dihydropyridines is 1. The average molecular weight is 413 g/mol. The Balaban J connectivity index is 1.88. The predicted molar refractivity (Wildman–Crippen MR) is 111 cm³/mol. The first-order chi connectivity index (χ1) is 14.4. The fraction of sp³-hybridized carbons (Fsp3) is 0.381. The molecular weight excluding hydrogens is 388 g/mol. The summed E-state index contributed by atoms with van der Waals surface area (Å²) in [6, 6.07) is 6.28. The molecule has 2 aliphatic rings. The van der Waals surface area contributed by atoms with Gasteiger partial charge in [-0.2, -0.15) is 9.48 Å². The maximum absolute atomic E-state index is 13.2. The van der Waals surface area contributed by atoms with Crippen molar-refractivity contribution in [3.8, 4) is 5.75 Å². The van der Waals surface area contributed by atoms with E-state index in [0.29, 0.717) is 36.1 Å². The zero-order valence-electron chi connectivity index (χ0n) is 17.5. The molecule has 9 heteroatoms. The van der Waals surface area contributed by atoms with Crippen LogP contribution in [0.25, 0.3) is 0 Å². The Bertz CT molecular complexity index is 979. The maximum atomic E-state index is 13.2. The van der Waals surface area contributed by atoms with Crippen molar-refractivity contribution in [2.24, 2.45) is 10.9 Å². The quantitative estimate of drug-likeness (QED) is 0.690. The molecule has 0 saturated carbocycles. The first-order valence-corrected chi connectivity index (χ1v) is 9.71. The summed E-state index contributed by atoms with van der Waals surface area (Å²) in [5, 5.41) is 2.68. The van der Waals surface area contributed by atoms with Gasteiger partial charge in [0.1, 0.15) is 17.7 Å². The van der Waals surface area contributed by atoms with Crippen molar-refractivity contribution < 1.29 is 28.4 Å². The van der Waals surface area contributed by atoms with Crippen LogP contribution in [0.1, 0.15) is 20.3 Å². The van der Waals surface area contributed by atoms with Crippen LogP contribution >= 0.6 is 0 Å². The molecule has 0 bridgehead atoms. The number of nitrogens with zero attached hydrogens (tertiary/aromatic N) is 3. The van der Waals surface area contributed by atoms with Crippen LogP contribution in [0.15, 0.2) is 40.6 Å². The minimum absolute atomic E-state index is 0.298. The fourth-order valence-electron chi connectivity index (χ4n) is 3.44. The number of hydrogen-bond acceptors (Lipinski definition) is 6. The molecule has 1 aromatic rings. The molecule has 0 aliphatic carbocycles. The van der Waals surface area contributed by atoms with E-state index in [0.717, 1.165) is 10.5 Å². The van der Waals surface area contributed by atoms with E-state index in [2.05, 4.69) is 10.3 Å². The second kappa shape index (κ2) is 8.89. The van der Waals surface area contributed by atoms with Gasteiger partial charge in [0.2, 0.25) is 0 Å². The number of fused-ring (bicyclic) bond motifs is 1. The number of methoxy groups -OCH3 is 1. The van der Waals surface area contributed by atoms with Gasteiger partial charge in [-0.25, -0.2) is 4.79 Å². The van der Waals surface area contributed by atoms with Gasteiger partial charge in [0.25, 0.3) is 11.7 Å². The molecule has 0 fully saturated rings. The highest BCUT2D eigenvalue weighted by Gasteiger charge is 2.51. The Kier molecular flexibility index (Phi) is 6.29. The number of amidine groups is 1. The third-order valence-corrected chi connectivity index (χ3v) is 4.93. The van der Waals surface area contributed by atoms with Crippen LogP contribution in [-0.4, -0.2) is 66.7 Å². The summed E-state index contributed by atoms with van der Waals surface area (Å²) in [6.45, 7) is 3.70. The van der Waals surface area contributed by atoms with Gasteiger partial charge in [0.15, 0.2) is 12.5 Å². The lowest BCUT2D eigenvalue weighted by Crippen LogP contribution is -2.56. The van der Waals surface area contributed by atoms with Gasteiger partial charge >= 0.3 is 11.9 Å². The number of allylic oxidation sites excluding steroid dienone is 1. The largest absolute Gasteiger partial charge is 0.496 e. The molecular formula is C21H25N4O5+. The summed E-state index contributed by atoms with van der Waals surface area (Å²) < 4.78 is 12.3. The standard InChI is InChI=1S/C21H24N4O5/c1-5-13-11-22-19-17(18(13)30-6-2)20(27)25(21(28)24(19)3)12-16(26)23-14-9-7-8-10-15(14)29-4/h7-11,17H,5-6,12H2,1-4H3/p+1. The second-order valence-corrected chi connectivity index (χ2v) is 6.74. The third-order valence-electron chi connectivity index (χ3n) is 4.93. The molecule has 1 N–H and O–H groups in total. The Morgan fingerprint density at radius 1 is 1.27 bits per heavy atom. The Labute approximate surface area is 174 Å². The van der Waals surface area contributed by atoms with E-state index in [1.807, 2.05) is 13.8 Å². The lowest BCUT2D eigenvalue weighted by molar-refractivity contribution is -0.408. The number of imide groups is 1. The SMILES string of the molecule is CCOC1=C(CC)C=NC2=[N+](C)C(=O)N(CC(=O)Nc3ccccc3OC)C(=O)C12. The lowest BCUT2D eigenvalue weighted by Gasteiger charge is -2.29. The number of hydrogen-bond donors (Lipinski definition) is 1. The Morgan fingerprint density at radius 2 is 2.00 bits per heavy atom. The number of rotatable bonds is 7. The smallest absolute Gasteiger partial charge is 0.446 e. The molecule has 1 atom stereocenters. The van der Waals surface area contributed by atoms with Gasteiger partial charge < -0.3 is 14.8 Å². The number of carbonyl (C=O) groups is 3. The monoisotopic (exact) mass is 413 g/mol. The van der Waals surface area contributed by atoms with Crippen LogP contribution < -0.4 is 10.1 Å². The normalized spacial score (nSPS) is 18.5. The van der Waals surface area contributed by atoms with Gasteiger partial charge in [-0.15, -0.1) is 4.99 Å². The number of urea groups is 1. The molecule has 0 aromatic heterocycles. The number of amides is 4. The highest BCUT2D eigenvalue weighted by Crippen LogP contribution is 2.29. The van der Waals surface area contributed by atoms with E-state index >= 15 is 0 Å². The van der Waals surface area contributed by atoms with Crippen LogP contribution in [0.4, 0.5) is 10.5 Å². The molecule has 0 radical (unpaired) electrons. The van der Waals surface area contributed by atoms with Crippen LogP contribution in [0, 0.1) is 5.92 Å². The first-order valence-electron chi connectivity index (χ1n) is 9.71. The second-order valence-electron chi connectivity index (χ2n) is 6.74. The number of benzene rings is 1. The minimum Gasteiger partial charge on any atom is -0.496 e. The first kappa shape index (κ1) is 21.2. The number of aliphatic imine (C=N–C) groups is 1. The number of anilines is 1. The van der Waals surface area contributed by atoms with E-state index in [1.165, 1.54) is 18.7 Å². The van der Waals surface area contributed by atoms with Crippen LogP contribution in [0.3, 0.4) is 0 Å². The summed E-state index contributed by atoms with van der Waals surface area (Å²) in [4.78, 5) is 43.9. The molecule has 2 aliphatic heterocycles. The van der Waals surface area contributed by atoms with Gasteiger partial charge in [-0.1, -0.05) is 19.1 Å². The fourth-order valence-corrected chi connectivity index (χ4v) is 3.44. The van der Waals surface area contributed by atoms with E-state index in [-0.39, 0.29) is 0 Å². The number of ether oxygens (including phenoxy) is 2.